The number of para-hydroxylation sites is 3. The third kappa shape index (κ3) is 2.59. The maximum Gasteiger partial charge on any atom is 0.257 e. The summed E-state index contributed by atoms with van der Waals surface area (Å²) in [6.07, 6.45) is 1.18. The second kappa shape index (κ2) is 6.39. The minimum atomic E-state index is -0.0778. The summed E-state index contributed by atoms with van der Waals surface area (Å²) in [5.74, 6) is 0.851. The zero-order valence-electron chi connectivity index (χ0n) is 15.5. The van der Waals surface area contributed by atoms with E-state index in [1.807, 2.05) is 36.4 Å². The minimum absolute atomic E-state index is 0.0778. The molecule has 1 amide bonds. The van der Waals surface area contributed by atoms with Crippen molar-refractivity contribution < 1.29 is 4.79 Å². The van der Waals surface area contributed by atoms with Crippen LogP contribution in [0.3, 0.4) is 0 Å². The highest BCUT2D eigenvalue weighted by molar-refractivity contribution is 6.14. The molecule has 6 nitrogen and oxygen atoms in total. The van der Waals surface area contributed by atoms with Crippen molar-refractivity contribution in [3.8, 4) is 5.69 Å². The van der Waals surface area contributed by atoms with Gasteiger partial charge in [-0.05, 0) is 37.2 Å². The van der Waals surface area contributed by atoms with E-state index < -0.39 is 0 Å². The van der Waals surface area contributed by atoms with Crippen LogP contribution in [0.5, 0.6) is 0 Å². The predicted octanol–water partition coefficient (Wildman–Crippen LogP) is 3.12. The minimum Gasteiger partial charge on any atom is -0.339 e. The van der Waals surface area contributed by atoms with E-state index in [1.165, 1.54) is 6.42 Å². The number of anilines is 2. The van der Waals surface area contributed by atoms with Gasteiger partial charge in [0.25, 0.3) is 5.91 Å². The molecule has 0 saturated carbocycles. The standard InChI is InChI=1S/C21H23N5O/c1-2-10-24-11-13-25(14-12-24)21-23-17-8-5-6-15-19(17)26(21)18-9-4-3-7-16(18)22-20(15)27/h3-9H,2,10-14H2,1H3,(H,22,27). The van der Waals surface area contributed by atoms with Gasteiger partial charge in [0.1, 0.15) is 0 Å². The van der Waals surface area contributed by atoms with Crippen LogP contribution < -0.4 is 10.2 Å². The van der Waals surface area contributed by atoms with E-state index in [0.29, 0.717) is 5.56 Å². The van der Waals surface area contributed by atoms with Crippen LogP contribution >= 0.6 is 0 Å². The Balaban J connectivity index is 1.67. The van der Waals surface area contributed by atoms with Crippen molar-refractivity contribution in [3.63, 3.8) is 0 Å². The summed E-state index contributed by atoms with van der Waals surface area (Å²) < 4.78 is 2.16. The van der Waals surface area contributed by atoms with Crippen LogP contribution in [-0.4, -0.2) is 53.1 Å². The van der Waals surface area contributed by atoms with Crippen LogP contribution in [0.15, 0.2) is 42.5 Å². The quantitative estimate of drug-likeness (QED) is 0.779. The Morgan fingerprint density at radius 2 is 1.85 bits per heavy atom. The van der Waals surface area contributed by atoms with E-state index in [4.69, 9.17) is 4.98 Å². The van der Waals surface area contributed by atoms with E-state index in [-0.39, 0.29) is 5.91 Å². The number of fused-ring (bicyclic) bond motifs is 2. The number of rotatable bonds is 3. The Hall–Kier alpha value is -2.86. The maximum atomic E-state index is 12.8. The molecule has 27 heavy (non-hydrogen) atoms. The van der Waals surface area contributed by atoms with Gasteiger partial charge in [-0.2, -0.15) is 0 Å². The monoisotopic (exact) mass is 361 g/mol. The molecule has 1 aromatic heterocycles. The number of amides is 1. The van der Waals surface area contributed by atoms with Crippen molar-refractivity contribution in [2.75, 3.05) is 42.9 Å². The first-order chi connectivity index (χ1) is 13.3. The van der Waals surface area contributed by atoms with Gasteiger partial charge in [-0.15, -0.1) is 0 Å². The average Bonchev–Trinajstić information content (AvgIpc) is 3.02. The van der Waals surface area contributed by atoms with Gasteiger partial charge in [0.15, 0.2) is 0 Å². The number of piperazine rings is 1. The van der Waals surface area contributed by atoms with E-state index in [2.05, 4.69) is 32.7 Å². The molecule has 1 fully saturated rings. The van der Waals surface area contributed by atoms with Gasteiger partial charge in [0.2, 0.25) is 5.95 Å². The fraction of sp³-hybridized carbons (Fsp3) is 0.333. The molecule has 6 heteroatoms. The topological polar surface area (TPSA) is 53.4 Å². The first-order valence-electron chi connectivity index (χ1n) is 9.66. The lowest BCUT2D eigenvalue weighted by atomic mass is 10.1. The third-order valence-corrected chi connectivity index (χ3v) is 5.49. The van der Waals surface area contributed by atoms with Crippen molar-refractivity contribution >= 4 is 28.6 Å². The molecule has 0 aliphatic carbocycles. The van der Waals surface area contributed by atoms with E-state index in [0.717, 1.165) is 61.1 Å². The van der Waals surface area contributed by atoms with Crippen LogP contribution in [-0.2, 0) is 0 Å². The Morgan fingerprint density at radius 1 is 1.04 bits per heavy atom. The zero-order valence-corrected chi connectivity index (χ0v) is 15.5. The summed E-state index contributed by atoms with van der Waals surface area (Å²) in [4.78, 5) is 22.6. The predicted molar refractivity (Wildman–Crippen MR) is 108 cm³/mol. The van der Waals surface area contributed by atoms with Gasteiger partial charge in [-0.3, -0.25) is 14.3 Å². The van der Waals surface area contributed by atoms with Crippen molar-refractivity contribution in [1.82, 2.24) is 14.5 Å². The Labute approximate surface area is 158 Å². The lowest BCUT2D eigenvalue weighted by Crippen LogP contribution is -2.47. The molecule has 3 aromatic rings. The van der Waals surface area contributed by atoms with Crippen molar-refractivity contribution in [2.45, 2.75) is 13.3 Å². The lowest BCUT2D eigenvalue weighted by molar-refractivity contribution is 0.102. The molecule has 1 N–H and O–H groups in total. The van der Waals surface area contributed by atoms with Gasteiger partial charge in [-0.1, -0.05) is 25.1 Å². The number of carbonyl (C=O) groups excluding carboxylic acids is 1. The van der Waals surface area contributed by atoms with Crippen molar-refractivity contribution in [2.24, 2.45) is 0 Å². The Kier molecular flexibility index (Phi) is 3.86. The highest BCUT2D eigenvalue weighted by atomic mass is 16.1. The van der Waals surface area contributed by atoms with E-state index in [9.17, 15) is 4.79 Å². The fourth-order valence-electron chi connectivity index (χ4n) is 4.19. The first kappa shape index (κ1) is 16.3. The number of carbonyl (C=O) groups is 1. The van der Waals surface area contributed by atoms with Crippen LogP contribution in [0.1, 0.15) is 23.7 Å². The van der Waals surface area contributed by atoms with Crippen LogP contribution in [0.2, 0.25) is 0 Å². The number of imidazole rings is 1. The molecule has 2 aliphatic heterocycles. The summed E-state index contributed by atoms with van der Waals surface area (Å²) in [6.45, 7) is 7.36. The Morgan fingerprint density at radius 3 is 2.67 bits per heavy atom. The molecule has 0 unspecified atom stereocenters. The van der Waals surface area contributed by atoms with Crippen LogP contribution in [0, 0.1) is 0 Å². The fourth-order valence-corrected chi connectivity index (χ4v) is 4.19. The van der Waals surface area contributed by atoms with Gasteiger partial charge in [-0.25, -0.2) is 4.98 Å². The second-order valence-electron chi connectivity index (χ2n) is 7.22. The normalized spacial score (nSPS) is 16.9. The number of nitrogens with zero attached hydrogens (tertiary/aromatic N) is 4. The summed E-state index contributed by atoms with van der Waals surface area (Å²) in [6, 6.07) is 13.7. The largest absolute Gasteiger partial charge is 0.339 e. The number of nitrogens with one attached hydrogen (secondary N) is 1. The van der Waals surface area contributed by atoms with Gasteiger partial charge >= 0.3 is 0 Å². The molecule has 0 radical (unpaired) electrons. The average molecular weight is 361 g/mol. The molecule has 138 valence electrons. The van der Waals surface area contributed by atoms with Gasteiger partial charge in [0.05, 0.1) is 28.0 Å². The summed E-state index contributed by atoms with van der Waals surface area (Å²) in [5.41, 5.74) is 4.23. The highest BCUT2D eigenvalue weighted by Crippen LogP contribution is 2.35. The van der Waals surface area contributed by atoms with Gasteiger partial charge < -0.3 is 10.2 Å². The van der Waals surface area contributed by atoms with E-state index >= 15 is 0 Å². The lowest BCUT2D eigenvalue weighted by Gasteiger charge is -2.35. The van der Waals surface area contributed by atoms with Crippen LogP contribution in [0.4, 0.5) is 11.6 Å². The number of hydrogen-bond acceptors (Lipinski definition) is 4. The zero-order chi connectivity index (χ0) is 18.4. The SMILES string of the molecule is CCCN1CCN(c2nc3cccc4c3n2-c2ccccc2NC4=O)CC1. The van der Waals surface area contributed by atoms with Crippen molar-refractivity contribution in [3.05, 3.63) is 48.0 Å². The maximum absolute atomic E-state index is 12.8. The number of hydrogen-bond donors (Lipinski definition) is 1. The molecule has 0 spiro atoms. The van der Waals surface area contributed by atoms with Crippen molar-refractivity contribution in [1.29, 1.82) is 0 Å². The first-order valence-corrected chi connectivity index (χ1v) is 9.66. The second-order valence-corrected chi connectivity index (χ2v) is 7.22. The molecular formula is C21H23N5O. The molecule has 2 aliphatic rings. The Bertz CT molecular complexity index is 1020. The van der Waals surface area contributed by atoms with E-state index in [1.54, 1.807) is 0 Å². The highest BCUT2D eigenvalue weighted by Gasteiger charge is 2.28. The molecule has 0 atom stereocenters. The molecule has 2 aromatic carbocycles. The number of benzene rings is 2. The van der Waals surface area contributed by atoms with Gasteiger partial charge in [0, 0.05) is 26.2 Å². The summed E-state index contributed by atoms with van der Waals surface area (Å²) >= 11 is 0. The summed E-state index contributed by atoms with van der Waals surface area (Å²) in [5, 5.41) is 3.06. The number of aromatic nitrogens is 2. The molecular weight excluding hydrogens is 338 g/mol. The molecule has 0 bridgehead atoms. The summed E-state index contributed by atoms with van der Waals surface area (Å²) in [7, 11) is 0. The molecule has 5 rings (SSSR count). The molecule has 3 heterocycles. The smallest absolute Gasteiger partial charge is 0.257 e. The third-order valence-electron chi connectivity index (χ3n) is 5.49. The van der Waals surface area contributed by atoms with Crippen LogP contribution in [0.25, 0.3) is 16.7 Å². The molecule has 1 saturated heterocycles.